The summed E-state index contributed by atoms with van der Waals surface area (Å²) in [6, 6.07) is 3.98. The van der Waals surface area contributed by atoms with Gasteiger partial charge < -0.3 is 10.2 Å². The summed E-state index contributed by atoms with van der Waals surface area (Å²) in [4.78, 5) is 11.0. The highest BCUT2D eigenvalue weighted by molar-refractivity contribution is 9.10. The molecular weight excluding hydrogens is 280 g/mol. The van der Waals surface area contributed by atoms with E-state index in [0.717, 1.165) is 34.3 Å². The lowest BCUT2D eigenvalue weighted by molar-refractivity contribution is 0.768. The third kappa shape index (κ3) is 2.73. The fraction of sp³-hybridized carbons (Fsp3) is 0.333. The summed E-state index contributed by atoms with van der Waals surface area (Å²) in [6.45, 7) is 1.88. The van der Waals surface area contributed by atoms with E-state index < -0.39 is 0 Å². The Labute approximate surface area is 109 Å². The molecule has 4 nitrogen and oxygen atoms in total. The average molecular weight is 295 g/mol. The molecule has 0 aliphatic carbocycles. The van der Waals surface area contributed by atoms with Crippen molar-refractivity contribution >= 4 is 32.7 Å². The monoisotopic (exact) mass is 294 g/mol. The lowest BCUT2D eigenvalue weighted by Crippen LogP contribution is -2.27. The van der Waals surface area contributed by atoms with E-state index in [-0.39, 0.29) is 0 Å². The van der Waals surface area contributed by atoms with Crippen molar-refractivity contribution in [2.45, 2.75) is 0 Å². The number of rotatable bonds is 4. The summed E-state index contributed by atoms with van der Waals surface area (Å²) >= 11 is 3.41. The summed E-state index contributed by atoms with van der Waals surface area (Å²) < 4.78 is 0.951. The van der Waals surface area contributed by atoms with E-state index in [4.69, 9.17) is 0 Å². The number of halogens is 1. The molecule has 5 heteroatoms. The molecule has 17 heavy (non-hydrogen) atoms. The lowest BCUT2D eigenvalue weighted by Gasteiger charge is -2.20. The summed E-state index contributed by atoms with van der Waals surface area (Å²) in [5, 5.41) is 3.14. The summed E-state index contributed by atoms with van der Waals surface area (Å²) in [6.07, 6.45) is 3.63. The Morgan fingerprint density at radius 2 is 2.24 bits per heavy atom. The Morgan fingerprint density at radius 1 is 1.41 bits per heavy atom. The predicted octanol–water partition coefficient (Wildman–Crippen LogP) is 2.05. The molecule has 0 amide bonds. The number of anilines is 1. The minimum absolute atomic E-state index is 0.910. The normalized spacial score (nSPS) is 10.8. The standard InChI is InChI=1S/C12H15BrN4/c1-14-5-6-17(2)11-3-4-15-10-7-9(13)8-16-12(10)11/h3-4,7-8,14H,5-6H2,1-2H3. The van der Waals surface area contributed by atoms with Crippen molar-refractivity contribution in [1.29, 1.82) is 0 Å². The third-order valence-corrected chi connectivity index (χ3v) is 3.06. The Kier molecular flexibility index (Phi) is 3.91. The molecule has 0 saturated heterocycles. The van der Waals surface area contributed by atoms with Crippen LogP contribution < -0.4 is 10.2 Å². The number of nitrogens with zero attached hydrogens (tertiary/aromatic N) is 3. The van der Waals surface area contributed by atoms with E-state index in [2.05, 4.69) is 43.2 Å². The Balaban J connectivity index is 2.40. The van der Waals surface area contributed by atoms with Crippen LogP contribution in [0.25, 0.3) is 11.0 Å². The smallest absolute Gasteiger partial charge is 0.112 e. The zero-order chi connectivity index (χ0) is 12.3. The molecule has 0 fully saturated rings. The van der Waals surface area contributed by atoms with Gasteiger partial charge in [0.2, 0.25) is 0 Å². The Bertz CT molecular complexity index is 515. The molecule has 0 aliphatic rings. The van der Waals surface area contributed by atoms with Gasteiger partial charge in [-0.2, -0.15) is 0 Å². The van der Waals surface area contributed by atoms with Crippen LogP contribution in [0.2, 0.25) is 0 Å². The van der Waals surface area contributed by atoms with E-state index >= 15 is 0 Å². The van der Waals surface area contributed by atoms with Crippen LogP contribution in [0.15, 0.2) is 29.0 Å². The van der Waals surface area contributed by atoms with Crippen LogP contribution in [0.4, 0.5) is 5.69 Å². The first-order chi connectivity index (χ1) is 8.22. The third-order valence-electron chi connectivity index (χ3n) is 2.63. The van der Waals surface area contributed by atoms with Gasteiger partial charge in [-0.3, -0.25) is 9.97 Å². The highest BCUT2D eigenvalue weighted by atomic mass is 79.9. The molecule has 2 rings (SSSR count). The maximum atomic E-state index is 4.44. The fourth-order valence-electron chi connectivity index (χ4n) is 1.70. The van der Waals surface area contributed by atoms with Gasteiger partial charge in [0, 0.05) is 37.0 Å². The number of likely N-dealkylation sites (N-methyl/N-ethyl adjacent to an activating group) is 2. The van der Waals surface area contributed by atoms with Crippen molar-refractivity contribution in [3.63, 3.8) is 0 Å². The number of nitrogens with one attached hydrogen (secondary N) is 1. The van der Waals surface area contributed by atoms with Gasteiger partial charge in [0.1, 0.15) is 5.52 Å². The largest absolute Gasteiger partial charge is 0.371 e. The molecule has 0 spiro atoms. The molecule has 90 valence electrons. The van der Waals surface area contributed by atoms with Crippen LogP contribution in [0.3, 0.4) is 0 Å². The minimum Gasteiger partial charge on any atom is -0.371 e. The van der Waals surface area contributed by atoms with Crippen LogP contribution in [-0.4, -0.2) is 37.2 Å². The van der Waals surface area contributed by atoms with Gasteiger partial charge >= 0.3 is 0 Å². The van der Waals surface area contributed by atoms with Gasteiger partial charge in [-0.05, 0) is 35.1 Å². The molecule has 0 atom stereocenters. The molecule has 0 bridgehead atoms. The average Bonchev–Trinajstić information content (AvgIpc) is 2.34. The second-order valence-corrected chi connectivity index (χ2v) is 4.79. The van der Waals surface area contributed by atoms with Crippen molar-refractivity contribution in [2.24, 2.45) is 0 Å². The molecule has 0 aliphatic heterocycles. The number of fused-ring (bicyclic) bond motifs is 1. The van der Waals surface area contributed by atoms with Crippen LogP contribution in [0, 0.1) is 0 Å². The molecular formula is C12H15BrN4. The molecule has 0 aromatic carbocycles. The van der Waals surface area contributed by atoms with Gasteiger partial charge in [-0.1, -0.05) is 0 Å². The Hall–Kier alpha value is -1.20. The number of hydrogen-bond acceptors (Lipinski definition) is 4. The van der Waals surface area contributed by atoms with Crippen molar-refractivity contribution in [2.75, 3.05) is 32.1 Å². The van der Waals surface area contributed by atoms with E-state index in [9.17, 15) is 0 Å². The van der Waals surface area contributed by atoms with E-state index in [0.29, 0.717) is 0 Å². The highest BCUT2D eigenvalue weighted by Crippen LogP contribution is 2.24. The highest BCUT2D eigenvalue weighted by Gasteiger charge is 2.07. The van der Waals surface area contributed by atoms with Gasteiger partial charge in [0.05, 0.1) is 11.2 Å². The molecule has 2 heterocycles. The van der Waals surface area contributed by atoms with Gasteiger partial charge in [-0.15, -0.1) is 0 Å². The van der Waals surface area contributed by atoms with Crippen molar-refractivity contribution in [1.82, 2.24) is 15.3 Å². The minimum atomic E-state index is 0.910. The summed E-state index contributed by atoms with van der Waals surface area (Å²) in [5.41, 5.74) is 2.96. The summed E-state index contributed by atoms with van der Waals surface area (Å²) in [5.74, 6) is 0. The SMILES string of the molecule is CNCCN(C)c1ccnc2cc(Br)cnc12. The number of aromatic nitrogens is 2. The lowest BCUT2D eigenvalue weighted by atomic mass is 10.2. The molecule has 0 unspecified atom stereocenters. The van der Waals surface area contributed by atoms with Gasteiger partial charge in [-0.25, -0.2) is 0 Å². The van der Waals surface area contributed by atoms with Gasteiger partial charge in [0.25, 0.3) is 0 Å². The molecule has 2 aromatic rings. The topological polar surface area (TPSA) is 41.0 Å². The van der Waals surface area contributed by atoms with E-state index in [1.54, 1.807) is 6.20 Å². The fourth-order valence-corrected chi connectivity index (χ4v) is 2.02. The maximum absolute atomic E-state index is 4.44. The van der Waals surface area contributed by atoms with Crippen molar-refractivity contribution in [3.05, 3.63) is 29.0 Å². The first-order valence-electron chi connectivity index (χ1n) is 5.48. The van der Waals surface area contributed by atoms with E-state index in [1.165, 1.54) is 0 Å². The Morgan fingerprint density at radius 3 is 3.00 bits per heavy atom. The predicted molar refractivity (Wildman–Crippen MR) is 74.4 cm³/mol. The first-order valence-corrected chi connectivity index (χ1v) is 6.27. The first kappa shape index (κ1) is 12.3. The van der Waals surface area contributed by atoms with Crippen LogP contribution in [-0.2, 0) is 0 Å². The van der Waals surface area contributed by atoms with Crippen LogP contribution in [0.5, 0.6) is 0 Å². The maximum Gasteiger partial charge on any atom is 0.112 e. The second kappa shape index (κ2) is 5.42. The van der Waals surface area contributed by atoms with E-state index in [1.807, 2.05) is 25.4 Å². The molecule has 1 N–H and O–H groups in total. The zero-order valence-corrected chi connectivity index (χ0v) is 11.5. The zero-order valence-electron chi connectivity index (χ0n) is 9.94. The summed E-state index contributed by atoms with van der Waals surface area (Å²) in [7, 11) is 4.02. The molecule has 2 aromatic heterocycles. The van der Waals surface area contributed by atoms with Crippen LogP contribution in [0.1, 0.15) is 0 Å². The molecule has 0 saturated carbocycles. The quantitative estimate of drug-likeness (QED) is 0.937. The number of pyridine rings is 2. The van der Waals surface area contributed by atoms with Crippen LogP contribution >= 0.6 is 15.9 Å². The van der Waals surface area contributed by atoms with Gasteiger partial charge in [0.15, 0.2) is 0 Å². The molecule has 0 radical (unpaired) electrons. The van der Waals surface area contributed by atoms with Crippen molar-refractivity contribution in [3.8, 4) is 0 Å². The second-order valence-electron chi connectivity index (χ2n) is 3.88. The number of hydrogen-bond donors (Lipinski definition) is 1. The van der Waals surface area contributed by atoms with Crippen molar-refractivity contribution < 1.29 is 0 Å².